The van der Waals surface area contributed by atoms with Crippen molar-refractivity contribution in [2.45, 2.75) is 6.92 Å². The van der Waals surface area contributed by atoms with Crippen LogP contribution in [-0.4, -0.2) is 14.2 Å². The minimum absolute atomic E-state index is 0.341. The second-order valence-corrected chi connectivity index (χ2v) is 5.14. The normalized spacial score (nSPS) is 10.4. The van der Waals surface area contributed by atoms with Crippen molar-refractivity contribution >= 4 is 21.6 Å². The first kappa shape index (κ1) is 14.7. The Kier molecular flexibility index (Phi) is 4.18. The number of hydrogen-bond donors (Lipinski definition) is 1. The number of nitrogens with two attached hydrogens (primary N) is 1. The zero-order chi connectivity index (χ0) is 14.9. The van der Waals surface area contributed by atoms with Gasteiger partial charge in [-0.3, -0.25) is 0 Å². The number of hydrogen-bond acceptors (Lipinski definition) is 3. The quantitative estimate of drug-likeness (QED) is 0.854. The maximum Gasteiger partial charge on any atom is 0.144 e. The minimum atomic E-state index is -0.341. The number of nitrogen functional groups attached to an aromatic ring is 1. The second kappa shape index (κ2) is 5.71. The van der Waals surface area contributed by atoms with Crippen molar-refractivity contribution in [3.05, 3.63) is 40.1 Å². The molecule has 0 saturated carbocycles. The van der Waals surface area contributed by atoms with Gasteiger partial charge in [0.2, 0.25) is 0 Å². The monoisotopic (exact) mass is 339 g/mol. The minimum Gasteiger partial charge on any atom is -0.495 e. The Balaban J connectivity index is 2.70. The summed E-state index contributed by atoms with van der Waals surface area (Å²) in [4.78, 5) is 0. The van der Waals surface area contributed by atoms with Crippen molar-refractivity contribution < 1.29 is 13.9 Å². The van der Waals surface area contributed by atoms with Crippen molar-refractivity contribution in [3.8, 4) is 22.6 Å². The molecule has 0 saturated heterocycles. The maximum absolute atomic E-state index is 14.2. The van der Waals surface area contributed by atoms with Gasteiger partial charge in [-0.2, -0.15) is 0 Å². The summed E-state index contributed by atoms with van der Waals surface area (Å²) < 4.78 is 25.4. The average Bonchev–Trinajstić information content (AvgIpc) is 2.42. The summed E-state index contributed by atoms with van der Waals surface area (Å²) in [6, 6.07) is 6.52. The Morgan fingerprint density at radius 1 is 1.10 bits per heavy atom. The summed E-state index contributed by atoms with van der Waals surface area (Å²) in [5, 5.41) is 0. The number of benzene rings is 2. The Labute approximate surface area is 125 Å². The lowest BCUT2D eigenvalue weighted by atomic mass is 10.0. The average molecular weight is 340 g/mol. The molecule has 0 unspecified atom stereocenters. The number of anilines is 1. The highest BCUT2D eigenvalue weighted by atomic mass is 79.9. The van der Waals surface area contributed by atoms with Gasteiger partial charge >= 0.3 is 0 Å². The van der Waals surface area contributed by atoms with Crippen LogP contribution in [-0.2, 0) is 0 Å². The van der Waals surface area contributed by atoms with Crippen LogP contribution in [0.15, 0.2) is 28.7 Å². The summed E-state index contributed by atoms with van der Waals surface area (Å²) >= 11 is 3.40. The molecule has 106 valence electrons. The topological polar surface area (TPSA) is 44.5 Å². The highest BCUT2D eigenvalue weighted by Crippen LogP contribution is 2.43. The number of halogens is 2. The van der Waals surface area contributed by atoms with E-state index in [1.54, 1.807) is 32.2 Å². The standard InChI is InChI=1S/C15H15BrFNO2/c1-8-6-11(17)10(7-12(8)18)9-4-5-13(19-2)14(16)15(9)20-3/h4-7H,18H2,1-3H3. The molecule has 20 heavy (non-hydrogen) atoms. The predicted octanol–water partition coefficient (Wildman–Crippen LogP) is 4.16. The van der Waals surface area contributed by atoms with Crippen LogP contribution in [0.25, 0.3) is 11.1 Å². The Hall–Kier alpha value is -1.75. The largest absolute Gasteiger partial charge is 0.495 e. The van der Waals surface area contributed by atoms with Gasteiger partial charge in [-0.05, 0) is 52.7 Å². The molecule has 0 amide bonds. The van der Waals surface area contributed by atoms with E-state index in [-0.39, 0.29) is 5.82 Å². The SMILES string of the molecule is COc1ccc(-c2cc(N)c(C)cc2F)c(OC)c1Br. The maximum atomic E-state index is 14.2. The van der Waals surface area contributed by atoms with E-state index in [1.807, 2.05) is 0 Å². The Bertz CT molecular complexity index is 659. The summed E-state index contributed by atoms with van der Waals surface area (Å²) in [5.41, 5.74) is 8.12. The van der Waals surface area contributed by atoms with Gasteiger partial charge in [0.05, 0.1) is 14.2 Å². The summed E-state index contributed by atoms with van der Waals surface area (Å²) in [5.74, 6) is 0.782. The molecule has 0 aliphatic carbocycles. The van der Waals surface area contributed by atoms with E-state index in [9.17, 15) is 4.39 Å². The molecule has 0 radical (unpaired) electrons. The molecule has 2 N–H and O–H groups in total. The Morgan fingerprint density at radius 2 is 1.80 bits per heavy atom. The number of aryl methyl sites for hydroxylation is 1. The van der Waals surface area contributed by atoms with Crippen LogP contribution in [0, 0.1) is 12.7 Å². The molecule has 2 aromatic rings. The summed E-state index contributed by atoms with van der Waals surface area (Å²) in [6.07, 6.45) is 0. The molecule has 0 fully saturated rings. The first-order valence-corrected chi connectivity index (χ1v) is 6.75. The fraction of sp³-hybridized carbons (Fsp3) is 0.200. The van der Waals surface area contributed by atoms with E-state index >= 15 is 0 Å². The van der Waals surface area contributed by atoms with Crippen LogP contribution < -0.4 is 15.2 Å². The van der Waals surface area contributed by atoms with Gasteiger partial charge in [0.25, 0.3) is 0 Å². The molecule has 0 bridgehead atoms. The zero-order valence-corrected chi connectivity index (χ0v) is 13.0. The zero-order valence-electron chi connectivity index (χ0n) is 11.5. The molecule has 0 atom stereocenters. The second-order valence-electron chi connectivity index (χ2n) is 4.35. The van der Waals surface area contributed by atoms with Crippen molar-refractivity contribution in [2.75, 3.05) is 20.0 Å². The number of methoxy groups -OCH3 is 2. The molecule has 0 aromatic heterocycles. The lowest BCUT2D eigenvalue weighted by Gasteiger charge is -2.15. The van der Waals surface area contributed by atoms with Crippen LogP contribution in [0.1, 0.15) is 5.56 Å². The third-order valence-electron chi connectivity index (χ3n) is 3.13. The van der Waals surface area contributed by atoms with Crippen molar-refractivity contribution in [3.63, 3.8) is 0 Å². The van der Waals surface area contributed by atoms with Gasteiger partial charge in [0.15, 0.2) is 0 Å². The molecule has 0 aliphatic heterocycles. The van der Waals surface area contributed by atoms with Gasteiger partial charge in [-0.1, -0.05) is 0 Å². The Morgan fingerprint density at radius 3 is 2.40 bits per heavy atom. The van der Waals surface area contributed by atoms with Crippen molar-refractivity contribution in [1.29, 1.82) is 0 Å². The first-order valence-electron chi connectivity index (χ1n) is 5.96. The fourth-order valence-corrected chi connectivity index (χ4v) is 2.67. The van der Waals surface area contributed by atoms with E-state index in [1.165, 1.54) is 13.2 Å². The molecular formula is C15H15BrFNO2. The molecule has 0 spiro atoms. The third kappa shape index (κ3) is 2.45. The van der Waals surface area contributed by atoms with E-state index in [2.05, 4.69) is 15.9 Å². The third-order valence-corrected chi connectivity index (χ3v) is 3.88. The molecule has 5 heteroatoms. The van der Waals surface area contributed by atoms with Crippen LogP contribution in [0.2, 0.25) is 0 Å². The summed E-state index contributed by atoms with van der Waals surface area (Å²) in [7, 11) is 3.09. The lowest BCUT2D eigenvalue weighted by molar-refractivity contribution is 0.390. The van der Waals surface area contributed by atoms with Crippen LogP contribution >= 0.6 is 15.9 Å². The van der Waals surface area contributed by atoms with Crippen LogP contribution in [0.5, 0.6) is 11.5 Å². The van der Waals surface area contributed by atoms with E-state index < -0.39 is 0 Å². The molecule has 0 aliphatic rings. The lowest BCUT2D eigenvalue weighted by Crippen LogP contribution is -1.97. The number of rotatable bonds is 3. The fourth-order valence-electron chi connectivity index (χ4n) is 2.00. The van der Waals surface area contributed by atoms with Gasteiger partial charge in [0.1, 0.15) is 21.8 Å². The highest BCUT2D eigenvalue weighted by molar-refractivity contribution is 9.10. The van der Waals surface area contributed by atoms with Gasteiger partial charge < -0.3 is 15.2 Å². The molecule has 2 aromatic carbocycles. The predicted molar refractivity (Wildman–Crippen MR) is 81.8 cm³/mol. The van der Waals surface area contributed by atoms with Crippen molar-refractivity contribution in [2.24, 2.45) is 0 Å². The van der Waals surface area contributed by atoms with Crippen LogP contribution in [0.3, 0.4) is 0 Å². The van der Waals surface area contributed by atoms with E-state index in [4.69, 9.17) is 15.2 Å². The molecule has 3 nitrogen and oxygen atoms in total. The van der Waals surface area contributed by atoms with Gasteiger partial charge in [0, 0.05) is 16.8 Å². The first-order chi connectivity index (χ1) is 9.49. The molecule has 0 heterocycles. The van der Waals surface area contributed by atoms with Gasteiger partial charge in [-0.25, -0.2) is 4.39 Å². The smallest absolute Gasteiger partial charge is 0.144 e. The van der Waals surface area contributed by atoms with Crippen LogP contribution in [0.4, 0.5) is 10.1 Å². The molecular weight excluding hydrogens is 325 g/mol. The van der Waals surface area contributed by atoms with E-state index in [0.717, 1.165) is 0 Å². The summed E-state index contributed by atoms with van der Waals surface area (Å²) in [6.45, 7) is 1.77. The van der Waals surface area contributed by atoms with Gasteiger partial charge in [-0.15, -0.1) is 0 Å². The molecule has 2 rings (SSSR count). The van der Waals surface area contributed by atoms with Crippen molar-refractivity contribution in [1.82, 2.24) is 0 Å². The highest BCUT2D eigenvalue weighted by Gasteiger charge is 2.17. The van der Waals surface area contributed by atoms with E-state index in [0.29, 0.717) is 38.3 Å². The number of ether oxygens (including phenoxy) is 2.